The number of nitrogens with two attached hydrogens (primary N) is 1. The highest BCUT2D eigenvalue weighted by atomic mass is 16.4. The van der Waals surface area contributed by atoms with Crippen molar-refractivity contribution >= 4 is 17.6 Å². The van der Waals surface area contributed by atoms with Crippen LogP contribution in [0.2, 0.25) is 0 Å². The van der Waals surface area contributed by atoms with Crippen molar-refractivity contribution < 1.29 is 19.8 Å². The summed E-state index contributed by atoms with van der Waals surface area (Å²) in [6.45, 7) is 6.34. The monoisotopic (exact) mass is 407 g/mol. The molecule has 1 saturated heterocycles. The van der Waals surface area contributed by atoms with E-state index in [4.69, 9.17) is 15.9 Å². The molecule has 1 aromatic carbocycles. The zero-order valence-corrected chi connectivity index (χ0v) is 16.9. The van der Waals surface area contributed by atoms with Gasteiger partial charge in [-0.25, -0.2) is 0 Å². The van der Waals surface area contributed by atoms with Crippen molar-refractivity contribution in [3.63, 3.8) is 0 Å². The molecule has 0 radical (unpaired) electrons. The molecule has 1 fully saturated rings. The maximum Gasteiger partial charge on any atom is 0.317 e. The molecule has 9 nitrogen and oxygen atoms in total. The Morgan fingerprint density at radius 1 is 0.828 bits per heavy atom. The molecule has 1 aliphatic heterocycles. The Morgan fingerprint density at radius 2 is 1.31 bits per heavy atom. The van der Waals surface area contributed by atoms with Crippen molar-refractivity contribution in [2.75, 3.05) is 77.7 Å². The van der Waals surface area contributed by atoms with Crippen LogP contribution in [-0.2, 0) is 16.0 Å². The zero-order chi connectivity index (χ0) is 21.1. The van der Waals surface area contributed by atoms with Crippen LogP contribution in [0.5, 0.6) is 0 Å². The molecule has 0 bridgehead atoms. The number of anilines is 1. The molecular formula is C20H33N5O4. The molecule has 0 saturated carbocycles. The summed E-state index contributed by atoms with van der Waals surface area (Å²) in [6.07, 6.45) is 0.861. The number of carboxylic acid groups (broad SMARTS) is 2. The molecule has 1 heterocycles. The lowest BCUT2D eigenvalue weighted by Crippen LogP contribution is -2.47. The lowest BCUT2D eigenvalue weighted by Gasteiger charge is -2.30. The van der Waals surface area contributed by atoms with Crippen LogP contribution in [0.4, 0.5) is 5.69 Å². The largest absolute Gasteiger partial charge is 0.480 e. The Balaban J connectivity index is 1.99. The molecular weight excluding hydrogens is 374 g/mol. The Hall–Kier alpha value is -2.20. The molecule has 162 valence electrons. The first-order valence-corrected chi connectivity index (χ1v) is 10.1. The van der Waals surface area contributed by atoms with E-state index in [0.717, 1.165) is 31.7 Å². The first kappa shape index (κ1) is 23.1. The Kier molecular flexibility index (Phi) is 9.85. The van der Waals surface area contributed by atoms with Crippen molar-refractivity contribution in [2.45, 2.75) is 6.42 Å². The number of benzene rings is 1. The van der Waals surface area contributed by atoms with Crippen molar-refractivity contribution in [1.29, 1.82) is 0 Å². The fourth-order valence-electron chi connectivity index (χ4n) is 3.39. The summed E-state index contributed by atoms with van der Waals surface area (Å²) in [5, 5.41) is 21.6. The van der Waals surface area contributed by atoms with Crippen molar-refractivity contribution in [2.24, 2.45) is 0 Å². The zero-order valence-electron chi connectivity index (χ0n) is 16.9. The number of hydrogen-bond acceptors (Lipinski definition) is 7. The van der Waals surface area contributed by atoms with Gasteiger partial charge in [0.15, 0.2) is 0 Å². The van der Waals surface area contributed by atoms with Crippen LogP contribution in [0.3, 0.4) is 0 Å². The number of rotatable bonds is 7. The predicted molar refractivity (Wildman–Crippen MR) is 112 cm³/mol. The van der Waals surface area contributed by atoms with Gasteiger partial charge in [-0.1, -0.05) is 12.1 Å². The molecule has 0 unspecified atom stereocenters. The minimum Gasteiger partial charge on any atom is -0.480 e. The topological polar surface area (TPSA) is 122 Å². The van der Waals surface area contributed by atoms with Crippen molar-refractivity contribution in [3.05, 3.63) is 29.8 Å². The highest BCUT2D eigenvalue weighted by Gasteiger charge is 2.16. The van der Waals surface area contributed by atoms with Gasteiger partial charge in [-0.05, 0) is 24.1 Å². The normalized spacial score (nSPS) is 18.6. The fourth-order valence-corrected chi connectivity index (χ4v) is 3.39. The quantitative estimate of drug-likeness (QED) is 0.443. The summed E-state index contributed by atoms with van der Waals surface area (Å²) in [6, 6.07) is 7.82. The van der Waals surface area contributed by atoms with Gasteiger partial charge in [0.1, 0.15) is 0 Å². The van der Waals surface area contributed by atoms with Crippen LogP contribution in [-0.4, -0.2) is 109 Å². The summed E-state index contributed by atoms with van der Waals surface area (Å²) < 4.78 is 0. The Labute approximate surface area is 172 Å². The lowest BCUT2D eigenvalue weighted by atomic mass is 10.1. The van der Waals surface area contributed by atoms with E-state index in [1.165, 1.54) is 5.56 Å². The summed E-state index contributed by atoms with van der Waals surface area (Å²) >= 11 is 0. The highest BCUT2D eigenvalue weighted by Crippen LogP contribution is 2.07. The third-order valence-electron chi connectivity index (χ3n) is 5.09. The van der Waals surface area contributed by atoms with Crippen LogP contribution in [0.1, 0.15) is 5.56 Å². The number of aliphatic carboxylic acids is 2. The Morgan fingerprint density at radius 3 is 1.79 bits per heavy atom. The van der Waals surface area contributed by atoms with Gasteiger partial charge in [-0.15, -0.1) is 0 Å². The van der Waals surface area contributed by atoms with Gasteiger partial charge >= 0.3 is 11.9 Å². The smallest absolute Gasteiger partial charge is 0.317 e. The summed E-state index contributed by atoms with van der Waals surface area (Å²) in [5.74, 6) is -1.64. The van der Waals surface area contributed by atoms with Gasteiger partial charge < -0.3 is 26.2 Å². The van der Waals surface area contributed by atoms with Crippen molar-refractivity contribution in [3.8, 4) is 0 Å². The summed E-state index contributed by atoms with van der Waals surface area (Å²) in [4.78, 5) is 28.5. The van der Waals surface area contributed by atoms with Crippen LogP contribution in [0, 0.1) is 0 Å². The van der Waals surface area contributed by atoms with E-state index >= 15 is 0 Å². The van der Waals surface area contributed by atoms with Gasteiger partial charge in [0.2, 0.25) is 0 Å². The predicted octanol–water partition coefficient (Wildman–Crippen LogP) is -0.510. The van der Waals surface area contributed by atoms with E-state index in [9.17, 15) is 9.59 Å². The molecule has 0 atom stereocenters. The fraction of sp³-hybridized carbons (Fsp3) is 0.600. The molecule has 29 heavy (non-hydrogen) atoms. The van der Waals surface area contributed by atoms with Crippen LogP contribution < -0.4 is 11.1 Å². The molecule has 1 aromatic rings. The van der Waals surface area contributed by atoms with E-state index in [1.54, 1.807) is 0 Å². The summed E-state index contributed by atoms with van der Waals surface area (Å²) in [7, 11) is 0. The second-order valence-corrected chi connectivity index (χ2v) is 7.42. The van der Waals surface area contributed by atoms with Crippen LogP contribution in [0.25, 0.3) is 0 Å². The summed E-state index contributed by atoms with van der Waals surface area (Å²) in [5.41, 5.74) is 7.68. The average molecular weight is 408 g/mol. The number of nitrogens with zero attached hydrogens (tertiary/aromatic N) is 3. The standard InChI is InChI=1S/C20H33N5O4/c21-18-3-1-17(2-4-18)5-8-23-11-13-24(15-19(26)27)9-6-22-7-10-25(14-12-23)16-20(28)29/h1-4,22H,5-16,21H2,(H,26,27)(H,28,29). The number of carbonyl (C=O) groups is 2. The van der Waals surface area contributed by atoms with Gasteiger partial charge in [0, 0.05) is 64.6 Å². The first-order chi connectivity index (χ1) is 13.9. The van der Waals surface area contributed by atoms with Gasteiger partial charge in [0.25, 0.3) is 0 Å². The van der Waals surface area contributed by atoms with Gasteiger partial charge in [0.05, 0.1) is 13.1 Å². The lowest BCUT2D eigenvalue weighted by molar-refractivity contribution is -0.139. The number of nitrogens with one attached hydrogen (secondary N) is 1. The molecule has 0 aliphatic carbocycles. The van der Waals surface area contributed by atoms with E-state index in [0.29, 0.717) is 39.3 Å². The molecule has 0 aromatic heterocycles. The third kappa shape index (κ3) is 9.71. The Bertz CT molecular complexity index is 610. The molecule has 5 N–H and O–H groups in total. The van der Waals surface area contributed by atoms with Crippen LogP contribution in [0.15, 0.2) is 24.3 Å². The SMILES string of the molecule is Nc1ccc(CCN2CCN(CC(=O)O)CCNCCN(CC(=O)O)CC2)cc1. The minimum absolute atomic E-state index is 0.0264. The van der Waals surface area contributed by atoms with Crippen molar-refractivity contribution in [1.82, 2.24) is 20.0 Å². The molecule has 1 aliphatic rings. The van der Waals surface area contributed by atoms with Gasteiger partial charge in [-0.3, -0.25) is 19.4 Å². The third-order valence-corrected chi connectivity index (χ3v) is 5.09. The minimum atomic E-state index is -0.821. The highest BCUT2D eigenvalue weighted by molar-refractivity contribution is 5.69. The average Bonchev–Trinajstić information content (AvgIpc) is 2.65. The molecule has 9 heteroatoms. The molecule has 2 rings (SSSR count). The second kappa shape index (κ2) is 12.4. The number of carboxylic acids is 2. The maximum absolute atomic E-state index is 11.2. The second-order valence-electron chi connectivity index (χ2n) is 7.42. The van der Waals surface area contributed by atoms with E-state index < -0.39 is 11.9 Å². The van der Waals surface area contributed by atoms with Gasteiger partial charge in [-0.2, -0.15) is 0 Å². The van der Waals surface area contributed by atoms with E-state index in [2.05, 4.69) is 10.2 Å². The van der Waals surface area contributed by atoms with E-state index in [1.807, 2.05) is 34.1 Å². The molecule has 0 spiro atoms. The van der Waals surface area contributed by atoms with Crippen LogP contribution >= 0.6 is 0 Å². The first-order valence-electron chi connectivity index (χ1n) is 10.1. The maximum atomic E-state index is 11.2. The number of hydrogen-bond donors (Lipinski definition) is 4. The number of nitrogen functional groups attached to an aromatic ring is 1. The van der Waals surface area contributed by atoms with E-state index in [-0.39, 0.29) is 13.1 Å². The molecule has 0 amide bonds.